The molecule has 2 atom stereocenters. The summed E-state index contributed by atoms with van der Waals surface area (Å²) in [6.07, 6.45) is 0.212. The van der Waals surface area contributed by atoms with Crippen LogP contribution in [0.2, 0.25) is 0 Å². The van der Waals surface area contributed by atoms with E-state index < -0.39 is 0 Å². The topological polar surface area (TPSA) is 47.3 Å². The highest BCUT2D eigenvalue weighted by Gasteiger charge is 2.15. The molecule has 17 heavy (non-hydrogen) atoms. The summed E-state index contributed by atoms with van der Waals surface area (Å²) >= 11 is 0. The van der Waals surface area contributed by atoms with Crippen LogP contribution in [0.5, 0.6) is 5.75 Å². The highest BCUT2D eigenvalue weighted by molar-refractivity contribution is 5.29. The first kappa shape index (κ1) is 14.0. The van der Waals surface area contributed by atoms with Gasteiger partial charge in [-0.1, -0.05) is 19.1 Å². The largest absolute Gasteiger partial charge is 0.491 e. The van der Waals surface area contributed by atoms with Gasteiger partial charge in [0.1, 0.15) is 5.75 Å². The van der Waals surface area contributed by atoms with Crippen LogP contribution in [0, 0.1) is 5.92 Å². The minimum absolute atomic E-state index is 0.212. The standard InChI is InChI=1S/C14H24N2O/c1-10(2)17-13-7-5-12(6-8-13)14(16-4)11(3)9-15/h5-8,10-11,14,16H,9,15H2,1-4H3. The fourth-order valence-electron chi connectivity index (χ4n) is 1.94. The normalized spacial score (nSPS) is 14.7. The molecule has 0 amide bonds. The lowest BCUT2D eigenvalue weighted by molar-refractivity contribution is 0.242. The maximum Gasteiger partial charge on any atom is 0.119 e. The van der Waals surface area contributed by atoms with Crippen LogP contribution in [-0.2, 0) is 0 Å². The summed E-state index contributed by atoms with van der Waals surface area (Å²) in [5.41, 5.74) is 6.97. The lowest BCUT2D eigenvalue weighted by Crippen LogP contribution is -2.28. The van der Waals surface area contributed by atoms with Crippen LogP contribution in [0.4, 0.5) is 0 Å². The molecule has 2 unspecified atom stereocenters. The van der Waals surface area contributed by atoms with Gasteiger partial charge in [-0.3, -0.25) is 0 Å². The van der Waals surface area contributed by atoms with Crippen molar-refractivity contribution >= 4 is 0 Å². The Morgan fingerprint density at radius 1 is 1.18 bits per heavy atom. The van der Waals surface area contributed by atoms with Crippen molar-refractivity contribution in [1.29, 1.82) is 0 Å². The van der Waals surface area contributed by atoms with Crippen molar-refractivity contribution in [2.45, 2.75) is 32.9 Å². The second-order valence-corrected chi connectivity index (χ2v) is 4.71. The summed E-state index contributed by atoms with van der Waals surface area (Å²) in [6.45, 7) is 6.89. The zero-order chi connectivity index (χ0) is 12.8. The van der Waals surface area contributed by atoms with Gasteiger partial charge in [-0.15, -0.1) is 0 Å². The Labute approximate surface area is 104 Å². The fraction of sp³-hybridized carbons (Fsp3) is 0.571. The van der Waals surface area contributed by atoms with E-state index in [1.807, 2.05) is 33.0 Å². The van der Waals surface area contributed by atoms with Crippen LogP contribution in [0.3, 0.4) is 0 Å². The SMILES string of the molecule is CNC(c1ccc(OC(C)C)cc1)C(C)CN. The zero-order valence-corrected chi connectivity index (χ0v) is 11.2. The maximum absolute atomic E-state index is 5.72. The van der Waals surface area contributed by atoms with E-state index in [1.165, 1.54) is 5.56 Å². The van der Waals surface area contributed by atoms with Crippen LogP contribution >= 0.6 is 0 Å². The average molecular weight is 236 g/mol. The molecule has 1 aromatic carbocycles. The van der Waals surface area contributed by atoms with Gasteiger partial charge in [0.15, 0.2) is 0 Å². The van der Waals surface area contributed by atoms with Gasteiger partial charge in [-0.25, -0.2) is 0 Å². The van der Waals surface area contributed by atoms with Gasteiger partial charge in [-0.05, 0) is 51.1 Å². The summed E-state index contributed by atoms with van der Waals surface area (Å²) in [5.74, 6) is 1.33. The van der Waals surface area contributed by atoms with E-state index in [2.05, 4.69) is 24.4 Å². The van der Waals surface area contributed by atoms with Crippen molar-refractivity contribution in [2.24, 2.45) is 11.7 Å². The number of nitrogens with one attached hydrogen (secondary N) is 1. The Hall–Kier alpha value is -1.06. The van der Waals surface area contributed by atoms with Gasteiger partial charge in [0.05, 0.1) is 6.10 Å². The monoisotopic (exact) mass is 236 g/mol. The highest BCUT2D eigenvalue weighted by Crippen LogP contribution is 2.23. The molecule has 0 saturated heterocycles. The molecule has 0 fully saturated rings. The minimum atomic E-state index is 0.212. The van der Waals surface area contributed by atoms with Gasteiger partial charge in [0.2, 0.25) is 0 Å². The van der Waals surface area contributed by atoms with Gasteiger partial charge in [0, 0.05) is 6.04 Å². The molecular weight excluding hydrogens is 212 g/mol. The Bertz CT molecular complexity index is 321. The van der Waals surface area contributed by atoms with Crippen molar-refractivity contribution < 1.29 is 4.74 Å². The van der Waals surface area contributed by atoms with Crippen LogP contribution in [-0.4, -0.2) is 19.7 Å². The molecule has 0 aliphatic rings. The quantitative estimate of drug-likeness (QED) is 0.797. The Kier molecular flexibility index (Phi) is 5.45. The summed E-state index contributed by atoms with van der Waals surface area (Å²) in [4.78, 5) is 0. The van der Waals surface area contributed by atoms with Crippen molar-refractivity contribution in [3.63, 3.8) is 0 Å². The molecule has 0 aromatic heterocycles. The van der Waals surface area contributed by atoms with E-state index in [-0.39, 0.29) is 6.10 Å². The molecule has 0 aliphatic carbocycles. The second-order valence-electron chi connectivity index (χ2n) is 4.71. The van der Waals surface area contributed by atoms with Crippen molar-refractivity contribution in [3.05, 3.63) is 29.8 Å². The Morgan fingerprint density at radius 3 is 2.18 bits per heavy atom. The van der Waals surface area contributed by atoms with Crippen molar-refractivity contribution in [2.75, 3.05) is 13.6 Å². The molecule has 0 saturated carbocycles. The van der Waals surface area contributed by atoms with E-state index in [1.54, 1.807) is 0 Å². The first-order valence-electron chi connectivity index (χ1n) is 6.22. The highest BCUT2D eigenvalue weighted by atomic mass is 16.5. The molecular formula is C14H24N2O. The van der Waals surface area contributed by atoms with Gasteiger partial charge in [0.25, 0.3) is 0 Å². The third-order valence-electron chi connectivity index (χ3n) is 2.86. The maximum atomic E-state index is 5.72. The van der Waals surface area contributed by atoms with Crippen LogP contribution < -0.4 is 15.8 Å². The smallest absolute Gasteiger partial charge is 0.119 e. The lowest BCUT2D eigenvalue weighted by atomic mass is 9.95. The molecule has 3 nitrogen and oxygen atoms in total. The molecule has 0 heterocycles. The van der Waals surface area contributed by atoms with Gasteiger partial charge >= 0.3 is 0 Å². The van der Waals surface area contributed by atoms with Crippen molar-refractivity contribution in [3.8, 4) is 5.75 Å². The van der Waals surface area contributed by atoms with E-state index in [0.717, 1.165) is 5.75 Å². The minimum Gasteiger partial charge on any atom is -0.491 e. The molecule has 1 aromatic rings. The van der Waals surface area contributed by atoms with Gasteiger partial charge in [-0.2, -0.15) is 0 Å². The summed E-state index contributed by atoms with van der Waals surface area (Å²) in [6, 6.07) is 8.54. The van der Waals surface area contributed by atoms with E-state index in [9.17, 15) is 0 Å². The molecule has 0 aliphatic heterocycles. The first-order valence-corrected chi connectivity index (χ1v) is 6.22. The van der Waals surface area contributed by atoms with E-state index in [0.29, 0.717) is 18.5 Å². The molecule has 3 heteroatoms. The van der Waals surface area contributed by atoms with Crippen LogP contribution in [0.25, 0.3) is 0 Å². The first-order chi connectivity index (χ1) is 8.08. The van der Waals surface area contributed by atoms with Crippen LogP contribution in [0.15, 0.2) is 24.3 Å². The average Bonchev–Trinajstić information content (AvgIpc) is 2.31. The van der Waals surface area contributed by atoms with Crippen molar-refractivity contribution in [1.82, 2.24) is 5.32 Å². The molecule has 1 rings (SSSR count). The Morgan fingerprint density at radius 2 is 1.76 bits per heavy atom. The number of rotatable bonds is 6. The predicted molar refractivity (Wildman–Crippen MR) is 72.2 cm³/mol. The summed E-state index contributed by atoms with van der Waals surface area (Å²) in [7, 11) is 1.97. The number of ether oxygens (including phenoxy) is 1. The predicted octanol–water partition coefficient (Wildman–Crippen LogP) is 2.33. The van der Waals surface area contributed by atoms with Crippen LogP contribution in [0.1, 0.15) is 32.4 Å². The Balaban J connectivity index is 2.77. The third kappa shape index (κ3) is 4.02. The second kappa shape index (κ2) is 6.62. The fourth-order valence-corrected chi connectivity index (χ4v) is 1.94. The molecule has 96 valence electrons. The molecule has 0 radical (unpaired) electrons. The zero-order valence-electron chi connectivity index (χ0n) is 11.2. The lowest BCUT2D eigenvalue weighted by Gasteiger charge is -2.23. The number of hydrogen-bond donors (Lipinski definition) is 2. The third-order valence-corrected chi connectivity index (χ3v) is 2.86. The molecule has 3 N–H and O–H groups in total. The van der Waals surface area contributed by atoms with Gasteiger partial charge < -0.3 is 15.8 Å². The summed E-state index contributed by atoms with van der Waals surface area (Å²) in [5, 5.41) is 3.31. The number of benzene rings is 1. The molecule has 0 bridgehead atoms. The number of nitrogens with two attached hydrogens (primary N) is 1. The van der Waals surface area contributed by atoms with E-state index >= 15 is 0 Å². The molecule has 0 spiro atoms. The number of hydrogen-bond acceptors (Lipinski definition) is 3. The summed E-state index contributed by atoms with van der Waals surface area (Å²) < 4.78 is 5.62. The van der Waals surface area contributed by atoms with E-state index in [4.69, 9.17) is 10.5 Å².